The lowest BCUT2D eigenvalue weighted by atomic mass is 9.85. The summed E-state index contributed by atoms with van der Waals surface area (Å²) < 4.78 is 6.67. The van der Waals surface area contributed by atoms with Gasteiger partial charge >= 0.3 is 5.97 Å². The first kappa shape index (κ1) is 12.6. The van der Waals surface area contributed by atoms with Crippen LogP contribution in [-0.2, 0) is 4.74 Å². The fraction of sp³-hybridized carbons (Fsp3) is 0.615. The molecule has 5 nitrogen and oxygen atoms in total. The van der Waals surface area contributed by atoms with Crippen LogP contribution in [-0.4, -0.2) is 22.4 Å². The molecule has 2 atom stereocenters. The molecular weight excluding hydrogens is 230 g/mol. The number of esters is 1. The van der Waals surface area contributed by atoms with Crippen molar-refractivity contribution in [3.63, 3.8) is 0 Å². The van der Waals surface area contributed by atoms with Crippen molar-refractivity contribution in [2.75, 3.05) is 6.61 Å². The van der Waals surface area contributed by atoms with Gasteiger partial charge in [0.15, 0.2) is 0 Å². The van der Waals surface area contributed by atoms with Gasteiger partial charge in [0.2, 0.25) is 0 Å². The van der Waals surface area contributed by atoms with Crippen molar-refractivity contribution in [1.82, 2.24) is 9.78 Å². The van der Waals surface area contributed by atoms with Crippen LogP contribution in [0.3, 0.4) is 0 Å². The second-order valence-electron chi connectivity index (χ2n) is 4.52. The summed E-state index contributed by atoms with van der Waals surface area (Å²) in [5.41, 5.74) is 0.458. The number of carbonyl (C=O) groups is 1. The summed E-state index contributed by atoms with van der Waals surface area (Å²) in [6.45, 7) is 2.13. The van der Waals surface area contributed by atoms with Crippen LogP contribution in [0.15, 0.2) is 12.4 Å². The van der Waals surface area contributed by atoms with Crippen LogP contribution >= 0.6 is 0 Å². The second kappa shape index (κ2) is 5.67. The maximum Gasteiger partial charge on any atom is 0.341 e. The third-order valence-electron chi connectivity index (χ3n) is 3.35. The SMILES string of the molecule is CCOC(=O)c1cnn(C2CCCCC2C#N)c1. The van der Waals surface area contributed by atoms with E-state index in [-0.39, 0.29) is 17.9 Å². The molecule has 1 aliphatic carbocycles. The molecule has 2 rings (SSSR count). The molecule has 5 heteroatoms. The van der Waals surface area contributed by atoms with Gasteiger partial charge in [0.1, 0.15) is 0 Å². The van der Waals surface area contributed by atoms with Crippen molar-refractivity contribution in [2.24, 2.45) is 5.92 Å². The number of hydrogen-bond donors (Lipinski definition) is 0. The molecular formula is C13H17N3O2. The summed E-state index contributed by atoms with van der Waals surface area (Å²) in [4.78, 5) is 11.6. The van der Waals surface area contributed by atoms with E-state index in [1.807, 2.05) is 0 Å². The predicted molar refractivity (Wildman–Crippen MR) is 64.8 cm³/mol. The van der Waals surface area contributed by atoms with Crippen LogP contribution in [0.5, 0.6) is 0 Å². The van der Waals surface area contributed by atoms with E-state index in [0.717, 1.165) is 25.7 Å². The summed E-state index contributed by atoms with van der Waals surface area (Å²) in [5.74, 6) is -0.359. The highest BCUT2D eigenvalue weighted by atomic mass is 16.5. The average Bonchev–Trinajstić information content (AvgIpc) is 2.88. The van der Waals surface area contributed by atoms with E-state index >= 15 is 0 Å². The summed E-state index contributed by atoms with van der Waals surface area (Å²) >= 11 is 0. The molecule has 0 bridgehead atoms. The number of aromatic nitrogens is 2. The van der Waals surface area contributed by atoms with Gasteiger partial charge in [-0.2, -0.15) is 10.4 Å². The largest absolute Gasteiger partial charge is 0.462 e. The van der Waals surface area contributed by atoms with Gasteiger partial charge in [0, 0.05) is 6.20 Å². The first-order chi connectivity index (χ1) is 8.76. The Morgan fingerprint density at radius 1 is 1.61 bits per heavy atom. The van der Waals surface area contributed by atoms with Crippen LogP contribution in [0.4, 0.5) is 0 Å². The maximum atomic E-state index is 11.6. The number of carbonyl (C=O) groups excluding carboxylic acids is 1. The highest BCUT2D eigenvalue weighted by molar-refractivity contribution is 5.88. The molecule has 1 fully saturated rings. The van der Waals surface area contributed by atoms with Crippen LogP contribution in [0.1, 0.15) is 49.0 Å². The molecule has 1 aromatic rings. The molecule has 0 amide bonds. The third kappa shape index (κ3) is 2.53. The van der Waals surface area contributed by atoms with Crippen molar-refractivity contribution in [3.8, 4) is 6.07 Å². The lowest BCUT2D eigenvalue weighted by molar-refractivity contribution is 0.0526. The van der Waals surface area contributed by atoms with Gasteiger partial charge in [-0.25, -0.2) is 4.79 Å². The highest BCUT2D eigenvalue weighted by Crippen LogP contribution is 2.33. The van der Waals surface area contributed by atoms with Gasteiger partial charge in [0.25, 0.3) is 0 Å². The first-order valence-corrected chi connectivity index (χ1v) is 6.37. The summed E-state index contributed by atoms with van der Waals surface area (Å²) in [5, 5.41) is 13.3. The zero-order valence-corrected chi connectivity index (χ0v) is 10.5. The lowest BCUT2D eigenvalue weighted by Gasteiger charge is -2.26. The number of nitriles is 1. The van der Waals surface area contributed by atoms with E-state index in [2.05, 4.69) is 11.2 Å². The Kier molecular flexibility index (Phi) is 3.98. The summed E-state index contributed by atoms with van der Waals surface area (Å²) in [6.07, 6.45) is 7.27. The van der Waals surface area contributed by atoms with E-state index in [0.29, 0.717) is 12.2 Å². The zero-order valence-electron chi connectivity index (χ0n) is 10.5. The third-order valence-corrected chi connectivity index (χ3v) is 3.35. The van der Waals surface area contributed by atoms with Crippen LogP contribution in [0.25, 0.3) is 0 Å². The molecule has 2 unspecified atom stereocenters. The molecule has 0 saturated heterocycles. The normalized spacial score (nSPS) is 23.3. The standard InChI is InChI=1S/C13H17N3O2/c1-2-18-13(17)11-8-15-16(9-11)12-6-4-3-5-10(12)7-14/h8-10,12H,2-6H2,1H3. The maximum absolute atomic E-state index is 11.6. The van der Waals surface area contributed by atoms with Gasteiger partial charge in [-0.15, -0.1) is 0 Å². The van der Waals surface area contributed by atoms with E-state index in [1.54, 1.807) is 17.8 Å². The van der Waals surface area contributed by atoms with E-state index < -0.39 is 0 Å². The minimum absolute atomic E-state index is 0.00584. The quantitative estimate of drug-likeness (QED) is 0.769. The van der Waals surface area contributed by atoms with E-state index in [4.69, 9.17) is 10.00 Å². The molecule has 0 spiro atoms. The predicted octanol–water partition coefficient (Wildman–Crippen LogP) is 2.31. The van der Waals surface area contributed by atoms with Crippen LogP contribution in [0, 0.1) is 17.2 Å². The topological polar surface area (TPSA) is 67.9 Å². The zero-order chi connectivity index (χ0) is 13.0. The molecule has 1 aliphatic rings. The molecule has 0 aliphatic heterocycles. The second-order valence-corrected chi connectivity index (χ2v) is 4.52. The van der Waals surface area contributed by atoms with Crippen LogP contribution in [0.2, 0.25) is 0 Å². The van der Waals surface area contributed by atoms with Gasteiger partial charge in [-0.05, 0) is 19.8 Å². The Morgan fingerprint density at radius 3 is 3.11 bits per heavy atom. The van der Waals surface area contributed by atoms with Gasteiger partial charge in [0.05, 0.1) is 36.4 Å². The average molecular weight is 247 g/mol. The van der Waals surface area contributed by atoms with Crippen LogP contribution < -0.4 is 0 Å². The van der Waals surface area contributed by atoms with Crippen molar-refractivity contribution >= 4 is 5.97 Å². The van der Waals surface area contributed by atoms with Crippen molar-refractivity contribution < 1.29 is 9.53 Å². The Balaban J connectivity index is 2.13. The Morgan fingerprint density at radius 2 is 2.39 bits per heavy atom. The summed E-state index contributed by atoms with van der Waals surface area (Å²) in [7, 11) is 0. The molecule has 0 aromatic carbocycles. The Labute approximate surface area is 106 Å². The fourth-order valence-corrected chi connectivity index (χ4v) is 2.42. The van der Waals surface area contributed by atoms with Gasteiger partial charge in [-0.1, -0.05) is 12.8 Å². The fourth-order valence-electron chi connectivity index (χ4n) is 2.42. The van der Waals surface area contributed by atoms with Gasteiger partial charge < -0.3 is 4.74 Å². The van der Waals surface area contributed by atoms with E-state index in [9.17, 15) is 4.79 Å². The van der Waals surface area contributed by atoms with Crippen molar-refractivity contribution in [2.45, 2.75) is 38.6 Å². The molecule has 1 saturated carbocycles. The Hall–Kier alpha value is -1.83. The number of ether oxygens (including phenoxy) is 1. The summed E-state index contributed by atoms with van der Waals surface area (Å²) in [6, 6.07) is 2.43. The number of hydrogen-bond acceptors (Lipinski definition) is 4. The molecule has 0 radical (unpaired) electrons. The first-order valence-electron chi connectivity index (χ1n) is 6.37. The molecule has 96 valence electrons. The highest BCUT2D eigenvalue weighted by Gasteiger charge is 2.27. The minimum Gasteiger partial charge on any atom is -0.462 e. The number of nitrogens with zero attached hydrogens (tertiary/aromatic N) is 3. The number of rotatable bonds is 3. The lowest BCUT2D eigenvalue weighted by Crippen LogP contribution is -2.22. The minimum atomic E-state index is -0.354. The van der Waals surface area contributed by atoms with Crippen molar-refractivity contribution in [3.05, 3.63) is 18.0 Å². The molecule has 1 aromatic heterocycles. The smallest absolute Gasteiger partial charge is 0.341 e. The monoisotopic (exact) mass is 247 g/mol. The van der Waals surface area contributed by atoms with Gasteiger partial charge in [-0.3, -0.25) is 4.68 Å². The molecule has 0 N–H and O–H groups in total. The molecule has 1 heterocycles. The van der Waals surface area contributed by atoms with E-state index in [1.165, 1.54) is 6.20 Å². The molecule has 18 heavy (non-hydrogen) atoms. The van der Waals surface area contributed by atoms with Crippen molar-refractivity contribution in [1.29, 1.82) is 5.26 Å². The Bertz CT molecular complexity index is 461.